The van der Waals surface area contributed by atoms with E-state index in [0.717, 1.165) is 5.69 Å². The van der Waals surface area contributed by atoms with Crippen LogP contribution in [0.1, 0.15) is 21.7 Å². The van der Waals surface area contributed by atoms with E-state index in [-0.39, 0.29) is 5.56 Å². The van der Waals surface area contributed by atoms with E-state index in [1.807, 2.05) is 5.32 Å². The quantitative estimate of drug-likeness (QED) is 0.947. The smallest absolute Gasteiger partial charge is 0.343 e. The number of nitrogens with one attached hydrogen (secondary N) is 1. The van der Waals surface area contributed by atoms with Crippen molar-refractivity contribution < 1.29 is 18.0 Å². The molecule has 0 aliphatic carbocycles. The van der Waals surface area contributed by atoms with Crippen molar-refractivity contribution in [2.45, 2.75) is 20.0 Å². The summed E-state index contributed by atoms with van der Waals surface area (Å²) in [5, 5.41) is 1.87. The van der Waals surface area contributed by atoms with Crippen LogP contribution in [0.2, 0.25) is 0 Å². The third kappa shape index (κ3) is 3.42. The number of aryl methyl sites for hydroxylation is 1. The normalized spacial score (nSPS) is 11.5. The second kappa shape index (κ2) is 5.59. The van der Waals surface area contributed by atoms with Gasteiger partial charge in [0.05, 0.1) is 5.56 Å². The van der Waals surface area contributed by atoms with Crippen molar-refractivity contribution in [2.75, 3.05) is 6.54 Å². The van der Waals surface area contributed by atoms with E-state index in [0.29, 0.717) is 11.5 Å². The predicted octanol–water partition coefficient (Wildman–Crippen LogP) is 2.78. The lowest BCUT2D eigenvalue weighted by atomic mass is 10.2. The summed E-state index contributed by atoms with van der Waals surface area (Å²) in [5.41, 5.74) is 1.48. The molecule has 0 saturated heterocycles. The van der Waals surface area contributed by atoms with Crippen LogP contribution < -0.4 is 5.32 Å². The number of carbonyl (C=O) groups excluding carboxylic acids is 1. The average molecular weight is 297 g/mol. The van der Waals surface area contributed by atoms with Crippen molar-refractivity contribution >= 4 is 5.91 Å². The number of alkyl halides is 3. The molecule has 21 heavy (non-hydrogen) atoms. The number of nitrogens with zero attached hydrogens (tertiary/aromatic N) is 2. The van der Waals surface area contributed by atoms with E-state index in [9.17, 15) is 18.0 Å². The van der Waals surface area contributed by atoms with Crippen LogP contribution in [0.3, 0.4) is 0 Å². The molecule has 1 N–H and O–H groups in total. The monoisotopic (exact) mass is 297 g/mol. The number of pyridine rings is 1. The SMILES string of the molecule is Cc1cc(C(=O)NCC(F)(F)F)c(C)n1-c1ccccn1. The first-order valence-electron chi connectivity index (χ1n) is 6.25. The molecule has 0 saturated carbocycles. The van der Waals surface area contributed by atoms with Crippen LogP contribution in [0.5, 0.6) is 0 Å². The summed E-state index contributed by atoms with van der Waals surface area (Å²) in [7, 11) is 0. The van der Waals surface area contributed by atoms with Crippen LogP contribution in [0.4, 0.5) is 13.2 Å². The fourth-order valence-corrected chi connectivity index (χ4v) is 2.11. The largest absolute Gasteiger partial charge is 0.405 e. The van der Waals surface area contributed by atoms with Crippen molar-refractivity contribution in [3.63, 3.8) is 0 Å². The van der Waals surface area contributed by atoms with Crippen LogP contribution in [-0.2, 0) is 0 Å². The van der Waals surface area contributed by atoms with Crippen molar-refractivity contribution in [1.82, 2.24) is 14.9 Å². The zero-order chi connectivity index (χ0) is 15.6. The molecule has 2 aromatic heterocycles. The molecule has 2 aromatic rings. The highest BCUT2D eigenvalue weighted by atomic mass is 19.4. The second-order valence-corrected chi connectivity index (χ2v) is 4.61. The molecule has 2 rings (SSSR count). The fraction of sp³-hybridized carbons (Fsp3) is 0.286. The van der Waals surface area contributed by atoms with Crippen LogP contribution in [-0.4, -0.2) is 28.2 Å². The maximum atomic E-state index is 12.2. The zero-order valence-corrected chi connectivity index (χ0v) is 11.5. The molecule has 4 nitrogen and oxygen atoms in total. The van der Waals surface area contributed by atoms with Crippen molar-refractivity contribution in [3.05, 3.63) is 47.4 Å². The van der Waals surface area contributed by atoms with Crippen molar-refractivity contribution in [3.8, 4) is 5.82 Å². The van der Waals surface area contributed by atoms with Gasteiger partial charge < -0.3 is 9.88 Å². The van der Waals surface area contributed by atoms with Gasteiger partial charge in [-0.15, -0.1) is 0 Å². The number of rotatable bonds is 3. The highest BCUT2D eigenvalue weighted by Crippen LogP contribution is 2.20. The fourth-order valence-electron chi connectivity index (χ4n) is 2.11. The van der Waals surface area contributed by atoms with Crippen LogP contribution in [0, 0.1) is 13.8 Å². The molecule has 0 aliphatic heterocycles. The van der Waals surface area contributed by atoms with Gasteiger partial charge in [0, 0.05) is 17.6 Å². The summed E-state index contributed by atoms with van der Waals surface area (Å²) in [5.74, 6) is -0.134. The molecule has 1 amide bonds. The average Bonchev–Trinajstić information content (AvgIpc) is 2.71. The number of hydrogen-bond acceptors (Lipinski definition) is 2. The Hall–Kier alpha value is -2.31. The summed E-state index contributed by atoms with van der Waals surface area (Å²) >= 11 is 0. The van der Waals surface area contributed by atoms with Gasteiger partial charge in [0.2, 0.25) is 0 Å². The summed E-state index contributed by atoms with van der Waals surface area (Å²) in [6.07, 6.45) is -2.82. The molecule has 7 heteroatoms. The van der Waals surface area contributed by atoms with Crippen molar-refractivity contribution in [1.29, 1.82) is 0 Å². The van der Waals surface area contributed by atoms with Crippen molar-refractivity contribution in [2.24, 2.45) is 0 Å². The van der Waals surface area contributed by atoms with Gasteiger partial charge in [-0.3, -0.25) is 4.79 Å². The molecule has 0 atom stereocenters. The van der Waals surface area contributed by atoms with Gasteiger partial charge in [-0.25, -0.2) is 4.98 Å². The standard InChI is InChI=1S/C14H14F3N3O/c1-9-7-11(13(21)19-8-14(15,16)17)10(2)20(9)12-5-3-4-6-18-12/h3-7H,8H2,1-2H3,(H,19,21). The minimum Gasteiger partial charge on any atom is -0.343 e. The van der Waals surface area contributed by atoms with Crippen LogP contribution in [0.15, 0.2) is 30.5 Å². The zero-order valence-electron chi connectivity index (χ0n) is 11.5. The van der Waals surface area contributed by atoms with Gasteiger partial charge in [-0.05, 0) is 32.0 Å². The second-order valence-electron chi connectivity index (χ2n) is 4.61. The summed E-state index contributed by atoms with van der Waals surface area (Å²) in [6, 6.07) is 6.87. The number of hydrogen-bond donors (Lipinski definition) is 1. The Bertz CT molecular complexity index is 647. The van der Waals surface area contributed by atoms with Crippen LogP contribution in [0.25, 0.3) is 5.82 Å². The first kappa shape index (κ1) is 15.1. The highest BCUT2D eigenvalue weighted by molar-refractivity contribution is 5.95. The number of amides is 1. The summed E-state index contributed by atoms with van der Waals surface area (Å²) in [4.78, 5) is 16.0. The molecule has 0 spiro atoms. The Morgan fingerprint density at radius 1 is 1.33 bits per heavy atom. The Kier molecular flexibility index (Phi) is 4.02. The van der Waals surface area contributed by atoms with E-state index >= 15 is 0 Å². The van der Waals surface area contributed by atoms with Gasteiger partial charge in [-0.1, -0.05) is 6.07 Å². The van der Waals surface area contributed by atoms with Gasteiger partial charge in [0.25, 0.3) is 5.91 Å². The predicted molar refractivity (Wildman–Crippen MR) is 71.4 cm³/mol. The molecular formula is C14H14F3N3O. The third-order valence-corrected chi connectivity index (χ3v) is 3.00. The first-order chi connectivity index (χ1) is 9.79. The molecule has 0 bridgehead atoms. The molecule has 112 valence electrons. The lowest BCUT2D eigenvalue weighted by Gasteiger charge is -2.10. The van der Waals surface area contributed by atoms with E-state index < -0.39 is 18.6 Å². The molecule has 0 radical (unpaired) electrons. The molecule has 0 aromatic carbocycles. The first-order valence-corrected chi connectivity index (χ1v) is 6.25. The Labute approximate surface area is 119 Å². The Morgan fingerprint density at radius 3 is 2.62 bits per heavy atom. The topological polar surface area (TPSA) is 46.9 Å². The van der Waals surface area contributed by atoms with Gasteiger partial charge in [0.1, 0.15) is 12.4 Å². The van der Waals surface area contributed by atoms with Gasteiger partial charge in [0.15, 0.2) is 0 Å². The number of aromatic nitrogens is 2. The summed E-state index contributed by atoms with van der Waals surface area (Å²) < 4.78 is 38.2. The lowest BCUT2D eigenvalue weighted by Crippen LogP contribution is -2.33. The number of carbonyl (C=O) groups is 1. The van der Waals surface area contributed by atoms with Gasteiger partial charge in [-0.2, -0.15) is 13.2 Å². The van der Waals surface area contributed by atoms with E-state index in [1.165, 1.54) is 0 Å². The molecule has 2 heterocycles. The van der Waals surface area contributed by atoms with E-state index in [4.69, 9.17) is 0 Å². The molecule has 0 unspecified atom stereocenters. The molecule has 0 aliphatic rings. The Balaban J connectivity index is 2.29. The molecular weight excluding hydrogens is 283 g/mol. The van der Waals surface area contributed by atoms with E-state index in [2.05, 4.69) is 4.98 Å². The maximum absolute atomic E-state index is 12.2. The minimum absolute atomic E-state index is 0.211. The Morgan fingerprint density at radius 2 is 2.05 bits per heavy atom. The number of halogens is 3. The highest BCUT2D eigenvalue weighted by Gasteiger charge is 2.28. The molecule has 0 fully saturated rings. The van der Waals surface area contributed by atoms with Gasteiger partial charge >= 0.3 is 6.18 Å². The van der Waals surface area contributed by atoms with Crippen LogP contribution >= 0.6 is 0 Å². The summed E-state index contributed by atoms with van der Waals surface area (Å²) in [6.45, 7) is 2.09. The lowest BCUT2D eigenvalue weighted by molar-refractivity contribution is -0.123. The van der Waals surface area contributed by atoms with E-state index in [1.54, 1.807) is 48.9 Å². The maximum Gasteiger partial charge on any atom is 0.405 e. The minimum atomic E-state index is -4.43. The third-order valence-electron chi connectivity index (χ3n) is 3.00.